The molecule has 1 saturated carbocycles. The maximum absolute atomic E-state index is 12.2. The Labute approximate surface area is 148 Å². The summed E-state index contributed by atoms with van der Waals surface area (Å²) in [4.78, 5) is 16.3. The fourth-order valence-electron chi connectivity index (χ4n) is 2.99. The van der Waals surface area contributed by atoms with Crippen molar-refractivity contribution in [2.45, 2.75) is 45.3 Å². The van der Waals surface area contributed by atoms with E-state index in [2.05, 4.69) is 10.3 Å². The minimum Gasteiger partial charge on any atom is -0.493 e. The highest BCUT2D eigenvalue weighted by Gasteiger charge is 2.18. The molecule has 0 radical (unpaired) electrons. The minimum absolute atomic E-state index is 0.141. The van der Waals surface area contributed by atoms with Crippen LogP contribution in [0.5, 0.6) is 11.5 Å². The van der Waals surface area contributed by atoms with Gasteiger partial charge in [-0.1, -0.05) is 6.07 Å². The van der Waals surface area contributed by atoms with Gasteiger partial charge < -0.3 is 14.8 Å². The molecule has 1 aliphatic carbocycles. The van der Waals surface area contributed by atoms with Crippen LogP contribution in [-0.4, -0.2) is 24.1 Å². The fraction of sp³-hybridized carbons (Fsp3) is 0.400. The quantitative estimate of drug-likeness (QED) is 0.872. The highest BCUT2D eigenvalue weighted by Crippen LogP contribution is 2.32. The van der Waals surface area contributed by atoms with E-state index in [0.717, 1.165) is 29.8 Å². The number of hydrogen-bond acceptors (Lipinski definition) is 4. The third kappa shape index (κ3) is 4.50. The smallest absolute Gasteiger partial charge is 0.253 e. The van der Waals surface area contributed by atoms with Gasteiger partial charge in [0.05, 0.1) is 18.8 Å². The number of ether oxygens (including phenoxy) is 2. The van der Waals surface area contributed by atoms with Crippen LogP contribution >= 0.6 is 0 Å². The lowest BCUT2D eigenvalue weighted by Gasteiger charge is -2.16. The van der Waals surface area contributed by atoms with E-state index in [1.165, 1.54) is 12.8 Å². The molecule has 2 aromatic rings. The highest BCUT2D eigenvalue weighted by atomic mass is 16.5. The van der Waals surface area contributed by atoms with Crippen LogP contribution in [0.25, 0.3) is 0 Å². The molecule has 1 aromatic heterocycles. The number of methoxy groups -OCH3 is 1. The summed E-state index contributed by atoms with van der Waals surface area (Å²) < 4.78 is 11.5. The molecule has 0 saturated heterocycles. The number of amides is 1. The predicted molar refractivity (Wildman–Crippen MR) is 96.0 cm³/mol. The zero-order valence-corrected chi connectivity index (χ0v) is 14.7. The summed E-state index contributed by atoms with van der Waals surface area (Å²) in [5, 5.41) is 2.90. The van der Waals surface area contributed by atoms with E-state index in [4.69, 9.17) is 9.47 Å². The first-order valence-electron chi connectivity index (χ1n) is 8.70. The van der Waals surface area contributed by atoms with E-state index in [-0.39, 0.29) is 12.0 Å². The van der Waals surface area contributed by atoms with Crippen LogP contribution in [0.2, 0.25) is 0 Å². The Morgan fingerprint density at radius 3 is 2.68 bits per heavy atom. The standard InChI is InChI=1S/C20H24N2O3/c1-14-7-9-16(13-21-14)20(23)22-12-15-8-10-18(19(11-15)24-2)25-17-5-3-4-6-17/h7-11,13,17H,3-6,12H2,1-2H3,(H,22,23). The summed E-state index contributed by atoms with van der Waals surface area (Å²) in [6.07, 6.45) is 6.53. The first-order valence-corrected chi connectivity index (χ1v) is 8.70. The van der Waals surface area contributed by atoms with E-state index in [1.807, 2.05) is 31.2 Å². The van der Waals surface area contributed by atoms with Crippen molar-refractivity contribution in [3.8, 4) is 11.5 Å². The largest absolute Gasteiger partial charge is 0.493 e. The summed E-state index contributed by atoms with van der Waals surface area (Å²) in [5.74, 6) is 1.33. The molecule has 25 heavy (non-hydrogen) atoms. The minimum atomic E-state index is -0.141. The molecule has 1 aliphatic rings. The lowest BCUT2D eigenvalue weighted by molar-refractivity contribution is 0.0950. The maximum atomic E-state index is 12.2. The van der Waals surface area contributed by atoms with Gasteiger partial charge in [0.2, 0.25) is 0 Å². The summed E-state index contributed by atoms with van der Waals surface area (Å²) in [5.41, 5.74) is 2.40. The summed E-state index contributed by atoms with van der Waals surface area (Å²) in [6, 6.07) is 9.40. The summed E-state index contributed by atoms with van der Waals surface area (Å²) in [6.45, 7) is 2.32. The van der Waals surface area contributed by atoms with Crippen molar-refractivity contribution in [3.63, 3.8) is 0 Å². The second-order valence-corrected chi connectivity index (χ2v) is 6.38. The number of pyridine rings is 1. The van der Waals surface area contributed by atoms with Gasteiger partial charge >= 0.3 is 0 Å². The fourth-order valence-corrected chi connectivity index (χ4v) is 2.99. The SMILES string of the molecule is COc1cc(CNC(=O)c2ccc(C)nc2)ccc1OC1CCCC1. The van der Waals surface area contributed by atoms with Gasteiger partial charge in [0.25, 0.3) is 5.91 Å². The van der Waals surface area contributed by atoms with Crippen LogP contribution in [-0.2, 0) is 6.54 Å². The lowest BCUT2D eigenvalue weighted by atomic mass is 10.2. The molecule has 0 unspecified atom stereocenters. The number of nitrogens with one attached hydrogen (secondary N) is 1. The van der Waals surface area contributed by atoms with Crippen LogP contribution < -0.4 is 14.8 Å². The molecule has 0 aliphatic heterocycles. The number of carbonyl (C=O) groups excluding carboxylic acids is 1. The van der Waals surface area contributed by atoms with Crippen molar-refractivity contribution in [1.82, 2.24) is 10.3 Å². The molecule has 0 bridgehead atoms. The molecule has 5 heteroatoms. The molecule has 1 amide bonds. The van der Waals surface area contributed by atoms with E-state index in [0.29, 0.717) is 17.9 Å². The van der Waals surface area contributed by atoms with E-state index in [1.54, 1.807) is 19.4 Å². The molecule has 1 heterocycles. The number of carbonyl (C=O) groups is 1. The second-order valence-electron chi connectivity index (χ2n) is 6.38. The average molecular weight is 340 g/mol. The number of nitrogens with zero attached hydrogens (tertiary/aromatic N) is 1. The molecule has 1 fully saturated rings. The van der Waals surface area contributed by atoms with Crippen molar-refractivity contribution in [1.29, 1.82) is 0 Å². The monoisotopic (exact) mass is 340 g/mol. The van der Waals surface area contributed by atoms with Crippen molar-refractivity contribution in [2.75, 3.05) is 7.11 Å². The first-order chi connectivity index (χ1) is 12.2. The molecular weight excluding hydrogens is 316 g/mol. The Morgan fingerprint density at radius 2 is 2.00 bits per heavy atom. The van der Waals surface area contributed by atoms with Crippen LogP contribution in [0.1, 0.15) is 47.3 Å². The van der Waals surface area contributed by atoms with Crippen LogP contribution in [0.4, 0.5) is 0 Å². The molecule has 1 N–H and O–H groups in total. The van der Waals surface area contributed by atoms with Gasteiger partial charge in [-0.25, -0.2) is 0 Å². The molecular formula is C20H24N2O3. The van der Waals surface area contributed by atoms with E-state index >= 15 is 0 Å². The topological polar surface area (TPSA) is 60.5 Å². The number of aromatic nitrogens is 1. The summed E-state index contributed by atoms with van der Waals surface area (Å²) in [7, 11) is 1.64. The lowest BCUT2D eigenvalue weighted by Crippen LogP contribution is -2.23. The number of aryl methyl sites for hydroxylation is 1. The third-order valence-corrected chi connectivity index (χ3v) is 4.45. The second kappa shape index (κ2) is 8.01. The Hall–Kier alpha value is -2.56. The van der Waals surface area contributed by atoms with Crippen molar-refractivity contribution >= 4 is 5.91 Å². The van der Waals surface area contributed by atoms with E-state index < -0.39 is 0 Å². The Kier molecular flexibility index (Phi) is 5.53. The zero-order valence-electron chi connectivity index (χ0n) is 14.7. The Bertz CT molecular complexity index is 722. The van der Waals surface area contributed by atoms with E-state index in [9.17, 15) is 4.79 Å². The molecule has 5 nitrogen and oxygen atoms in total. The number of hydrogen-bond donors (Lipinski definition) is 1. The Balaban J connectivity index is 1.62. The van der Waals surface area contributed by atoms with Gasteiger partial charge in [-0.15, -0.1) is 0 Å². The number of benzene rings is 1. The third-order valence-electron chi connectivity index (χ3n) is 4.45. The van der Waals surface area contributed by atoms with Crippen molar-refractivity contribution < 1.29 is 14.3 Å². The zero-order chi connectivity index (χ0) is 17.6. The van der Waals surface area contributed by atoms with Gasteiger partial charge in [0.15, 0.2) is 11.5 Å². The molecule has 0 atom stereocenters. The van der Waals surface area contributed by atoms with Crippen molar-refractivity contribution in [3.05, 3.63) is 53.3 Å². The van der Waals surface area contributed by atoms with Gasteiger partial charge in [-0.3, -0.25) is 9.78 Å². The van der Waals surface area contributed by atoms with Gasteiger partial charge in [-0.2, -0.15) is 0 Å². The first kappa shape index (κ1) is 17.3. The average Bonchev–Trinajstić information content (AvgIpc) is 3.14. The normalized spacial score (nSPS) is 14.3. The van der Waals surface area contributed by atoms with Gasteiger partial charge in [0, 0.05) is 18.4 Å². The number of rotatable bonds is 6. The molecule has 3 rings (SSSR count). The van der Waals surface area contributed by atoms with Crippen molar-refractivity contribution in [2.24, 2.45) is 0 Å². The predicted octanol–water partition coefficient (Wildman–Crippen LogP) is 3.65. The molecule has 132 valence electrons. The molecule has 0 spiro atoms. The van der Waals surface area contributed by atoms with Crippen LogP contribution in [0.3, 0.4) is 0 Å². The van der Waals surface area contributed by atoms with Gasteiger partial charge in [0.1, 0.15) is 0 Å². The molecule has 1 aromatic carbocycles. The highest BCUT2D eigenvalue weighted by molar-refractivity contribution is 5.93. The van der Waals surface area contributed by atoms with Crippen LogP contribution in [0, 0.1) is 6.92 Å². The maximum Gasteiger partial charge on any atom is 0.253 e. The van der Waals surface area contributed by atoms with Crippen LogP contribution in [0.15, 0.2) is 36.5 Å². The summed E-state index contributed by atoms with van der Waals surface area (Å²) >= 11 is 0. The Morgan fingerprint density at radius 1 is 1.20 bits per heavy atom. The van der Waals surface area contributed by atoms with Gasteiger partial charge in [-0.05, 0) is 62.4 Å².